The average Bonchev–Trinajstić information content (AvgIpc) is 2.54. The minimum Gasteiger partial charge on any atom is -0.366 e. The largest absolute Gasteiger partial charge is 0.366 e. The van der Waals surface area contributed by atoms with E-state index >= 15 is 0 Å². The average molecular weight is 277 g/mol. The van der Waals surface area contributed by atoms with E-state index in [4.69, 9.17) is 0 Å². The zero-order valence-corrected chi connectivity index (χ0v) is 11.7. The summed E-state index contributed by atoms with van der Waals surface area (Å²) >= 11 is 0. The van der Waals surface area contributed by atoms with Gasteiger partial charge in [-0.2, -0.15) is 0 Å². The molecule has 0 aliphatic rings. The van der Waals surface area contributed by atoms with Crippen molar-refractivity contribution < 1.29 is 0 Å². The van der Waals surface area contributed by atoms with Crippen molar-refractivity contribution in [3.8, 4) is 11.5 Å². The number of nitrogens with one attached hydrogen (secondary N) is 1. The van der Waals surface area contributed by atoms with Crippen LogP contribution >= 0.6 is 0 Å². The molecular weight excluding hydrogens is 262 g/mol. The molecular formula is C16H15N5. The van der Waals surface area contributed by atoms with Gasteiger partial charge in [-0.05, 0) is 36.8 Å². The Kier molecular flexibility index (Phi) is 3.82. The quantitative estimate of drug-likeness (QED) is 0.794. The summed E-state index contributed by atoms with van der Waals surface area (Å²) in [4.78, 5) is 17.2. The lowest BCUT2D eigenvalue weighted by Crippen LogP contribution is -2.04. The molecule has 0 saturated carbocycles. The topological polar surface area (TPSA) is 63.6 Å². The number of anilines is 1. The summed E-state index contributed by atoms with van der Waals surface area (Å²) in [5.74, 6) is 1.42. The molecule has 0 amide bonds. The number of rotatable bonds is 4. The zero-order valence-electron chi connectivity index (χ0n) is 11.7. The molecule has 0 saturated heterocycles. The summed E-state index contributed by atoms with van der Waals surface area (Å²) in [5.41, 5.74) is 2.83. The summed E-state index contributed by atoms with van der Waals surface area (Å²) in [6.07, 6.45) is 5.30. The molecule has 0 radical (unpaired) electrons. The Labute approximate surface area is 123 Å². The Morgan fingerprint density at radius 2 is 1.86 bits per heavy atom. The summed E-state index contributed by atoms with van der Waals surface area (Å²) in [7, 11) is 0. The van der Waals surface area contributed by atoms with Crippen LogP contribution in [0.2, 0.25) is 0 Å². The van der Waals surface area contributed by atoms with Gasteiger partial charge in [0.1, 0.15) is 11.5 Å². The Hall–Kier alpha value is -2.82. The number of nitrogens with zero attached hydrogens (tertiary/aromatic N) is 4. The first kappa shape index (κ1) is 13.2. The second-order valence-corrected chi connectivity index (χ2v) is 4.64. The van der Waals surface area contributed by atoms with Crippen molar-refractivity contribution in [3.05, 3.63) is 66.2 Å². The molecule has 0 atom stereocenters. The monoisotopic (exact) mass is 277 g/mol. The third kappa shape index (κ3) is 3.39. The van der Waals surface area contributed by atoms with Crippen LogP contribution in [-0.4, -0.2) is 19.9 Å². The van der Waals surface area contributed by atoms with Crippen LogP contribution in [-0.2, 0) is 6.54 Å². The molecule has 0 aliphatic carbocycles. The second kappa shape index (κ2) is 6.09. The molecule has 3 aromatic heterocycles. The van der Waals surface area contributed by atoms with Crippen LogP contribution in [0.15, 0.2) is 55.0 Å². The van der Waals surface area contributed by atoms with Gasteiger partial charge in [0.15, 0.2) is 5.82 Å². The Morgan fingerprint density at radius 1 is 1.00 bits per heavy atom. The molecule has 21 heavy (non-hydrogen) atoms. The lowest BCUT2D eigenvalue weighted by Gasteiger charge is -2.08. The van der Waals surface area contributed by atoms with Crippen molar-refractivity contribution >= 4 is 5.82 Å². The maximum Gasteiger partial charge on any atom is 0.180 e. The maximum absolute atomic E-state index is 4.52. The second-order valence-electron chi connectivity index (χ2n) is 4.64. The van der Waals surface area contributed by atoms with E-state index < -0.39 is 0 Å². The minimum absolute atomic E-state index is 0.632. The SMILES string of the molecule is Cc1cc(NCc2ccncc2)nc(-c2ccccn2)n1. The van der Waals surface area contributed by atoms with Gasteiger partial charge in [0.2, 0.25) is 0 Å². The Morgan fingerprint density at radius 3 is 2.62 bits per heavy atom. The Balaban J connectivity index is 1.82. The highest BCUT2D eigenvalue weighted by Crippen LogP contribution is 2.15. The van der Waals surface area contributed by atoms with Gasteiger partial charge >= 0.3 is 0 Å². The van der Waals surface area contributed by atoms with Crippen LogP contribution in [0.5, 0.6) is 0 Å². The number of pyridine rings is 2. The number of aryl methyl sites for hydroxylation is 1. The van der Waals surface area contributed by atoms with Crippen LogP contribution in [0.4, 0.5) is 5.82 Å². The summed E-state index contributed by atoms with van der Waals surface area (Å²) in [6, 6.07) is 11.6. The first-order chi connectivity index (χ1) is 10.3. The van der Waals surface area contributed by atoms with E-state index in [1.165, 1.54) is 0 Å². The molecule has 1 N–H and O–H groups in total. The molecule has 0 unspecified atom stereocenters. The third-order valence-electron chi connectivity index (χ3n) is 2.97. The summed E-state index contributed by atoms with van der Waals surface area (Å²) < 4.78 is 0. The molecule has 0 fully saturated rings. The van der Waals surface area contributed by atoms with E-state index in [-0.39, 0.29) is 0 Å². The predicted molar refractivity (Wildman–Crippen MR) is 81.6 cm³/mol. The summed E-state index contributed by atoms with van der Waals surface area (Å²) in [5, 5.41) is 3.31. The third-order valence-corrected chi connectivity index (χ3v) is 2.97. The van der Waals surface area contributed by atoms with Crippen molar-refractivity contribution in [1.82, 2.24) is 19.9 Å². The molecule has 5 heteroatoms. The van der Waals surface area contributed by atoms with Gasteiger partial charge in [0.25, 0.3) is 0 Å². The number of aromatic nitrogens is 4. The summed E-state index contributed by atoms with van der Waals surface area (Å²) in [6.45, 7) is 2.65. The van der Waals surface area contributed by atoms with Crippen molar-refractivity contribution in [2.75, 3.05) is 5.32 Å². The fraction of sp³-hybridized carbons (Fsp3) is 0.125. The molecule has 5 nitrogen and oxygen atoms in total. The molecule has 3 aromatic rings. The fourth-order valence-corrected chi connectivity index (χ4v) is 1.96. The minimum atomic E-state index is 0.632. The van der Waals surface area contributed by atoms with E-state index in [1.54, 1.807) is 18.6 Å². The van der Waals surface area contributed by atoms with Gasteiger partial charge in [-0.1, -0.05) is 6.07 Å². The molecule has 104 valence electrons. The fourth-order valence-electron chi connectivity index (χ4n) is 1.96. The maximum atomic E-state index is 4.52. The highest BCUT2D eigenvalue weighted by molar-refractivity contribution is 5.52. The van der Waals surface area contributed by atoms with Gasteiger partial charge in [-0.15, -0.1) is 0 Å². The smallest absolute Gasteiger partial charge is 0.180 e. The van der Waals surface area contributed by atoms with E-state index in [0.717, 1.165) is 22.8 Å². The van der Waals surface area contributed by atoms with E-state index in [1.807, 2.05) is 43.3 Å². The first-order valence-electron chi connectivity index (χ1n) is 6.71. The number of hydrogen-bond donors (Lipinski definition) is 1. The van der Waals surface area contributed by atoms with Crippen LogP contribution < -0.4 is 5.32 Å². The molecule has 0 bridgehead atoms. The highest BCUT2D eigenvalue weighted by atomic mass is 15.0. The van der Waals surface area contributed by atoms with Crippen LogP contribution in [0.3, 0.4) is 0 Å². The zero-order chi connectivity index (χ0) is 14.5. The van der Waals surface area contributed by atoms with E-state index in [0.29, 0.717) is 12.4 Å². The first-order valence-corrected chi connectivity index (χ1v) is 6.71. The highest BCUT2D eigenvalue weighted by Gasteiger charge is 2.05. The molecule has 0 aromatic carbocycles. The molecule has 0 spiro atoms. The van der Waals surface area contributed by atoms with E-state index in [2.05, 4.69) is 25.3 Å². The van der Waals surface area contributed by atoms with Crippen molar-refractivity contribution in [2.45, 2.75) is 13.5 Å². The Bertz CT molecular complexity index is 713. The van der Waals surface area contributed by atoms with Crippen LogP contribution in [0, 0.1) is 6.92 Å². The van der Waals surface area contributed by atoms with Gasteiger partial charge in [-0.25, -0.2) is 9.97 Å². The van der Waals surface area contributed by atoms with Crippen LogP contribution in [0.1, 0.15) is 11.3 Å². The number of hydrogen-bond acceptors (Lipinski definition) is 5. The van der Waals surface area contributed by atoms with E-state index in [9.17, 15) is 0 Å². The van der Waals surface area contributed by atoms with Crippen molar-refractivity contribution in [3.63, 3.8) is 0 Å². The molecule has 3 heterocycles. The van der Waals surface area contributed by atoms with Gasteiger partial charge in [0, 0.05) is 36.9 Å². The van der Waals surface area contributed by atoms with Gasteiger partial charge in [-0.3, -0.25) is 9.97 Å². The molecule has 0 aliphatic heterocycles. The predicted octanol–water partition coefficient (Wildman–Crippen LogP) is 2.85. The van der Waals surface area contributed by atoms with Gasteiger partial charge < -0.3 is 5.32 Å². The lowest BCUT2D eigenvalue weighted by atomic mass is 10.2. The van der Waals surface area contributed by atoms with Crippen molar-refractivity contribution in [2.24, 2.45) is 0 Å². The standard InChI is InChI=1S/C16H15N5/c1-12-10-15(19-11-13-5-8-17-9-6-13)21-16(20-12)14-4-2-3-7-18-14/h2-10H,11H2,1H3,(H,19,20,21). The van der Waals surface area contributed by atoms with Gasteiger partial charge in [0.05, 0.1) is 0 Å². The van der Waals surface area contributed by atoms with Crippen LogP contribution in [0.25, 0.3) is 11.5 Å². The normalized spacial score (nSPS) is 10.3. The van der Waals surface area contributed by atoms with Crippen molar-refractivity contribution in [1.29, 1.82) is 0 Å². The molecule has 3 rings (SSSR count). The lowest BCUT2D eigenvalue weighted by molar-refractivity contribution is 1.05.